The van der Waals surface area contributed by atoms with Crippen LogP contribution < -0.4 is 5.32 Å². The molecule has 0 radical (unpaired) electrons. The lowest BCUT2D eigenvalue weighted by molar-refractivity contribution is -0.134. The predicted molar refractivity (Wildman–Crippen MR) is 121 cm³/mol. The van der Waals surface area contributed by atoms with Crippen molar-refractivity contribution < 1.29 is 24.2 Å². The number of rotatable bonds is 8. The Labute approximate surface area is 189 Å². The van der Waals surface area contributed by atoms with Crippen molar-refractivity contribution >= 4 is 11.8 Å². The summed E-state index contributed by atoms with van der Waals surface area (Å²) >= 11 is 0. The van der Waals surface area contributed by atoms with Crippen LogP contribution in [-0.2, 0) is 14.3 Å². The second-order valence-electron chi connectivity index (χ2n) is 8.76. The van der Waals surface area contributed by atoms with E-state index < -0.39 is 24.0 Å². The van der Waals surface area contributed by atoms with Gasteiger partial charge in [0.15, 0.2) is 6.10 Å². The summed E-state index contributed by atoms with van der Waals surface area (Å²) in [5.41, 5.74) is 1.10. The molecular formula is C25H32N2O5. The average molecular weight is 441 g/mol. The van der Waals surface area contributed by atoms with Gasteiger partial charge in [-0.15, -0.1) is 0 Å². The van der Waals surface area contributed by atoms with Crippen molar-refractivity contribution in [3.05, 3.63) is 71.3 Å². The molecule has 0 aromatic heterocycles. The van der Waals surface area contributed by atoms with E-state index >= 15 is 0 Å². The van der Waals surface area contributed by atoms with E-state index in [1.54, 1.807) is 41.3 Å². The number of nitrogens with one attached hydrogen (secondary N) is 1. The van der Waals surface area contributed by atoms with Crippen LogP contribution >= 0.6 is 0 Å². The molecular weight excluding hydrogens is 408 g/mol. The Balaban J connectivity index is 1.72. The molecule has 1 fully saturated rings. The Morgan fingerprint density at radius 1 is 1.16 bits per heavy atom. The Morgan fingerprint density at radius 3 is 2.31 bits per heavy atom. The summed E-state index contributed by atoms with van der Waals surface area (Å²) in [4.78, 5) is 27.4. The Hall–Kier alpha value is -2.74. The van der Waals surface area contributed by atoms with E-state index in [2.05, 4.69) is 5.32 Å². The van der Waals surface area contributed by atoms with E-state index in [0.29, 0.717) is 16.7 Å². The number of hydrogen-bond donors (Lipinski definition) is 2. The van der Waals surface area contributed by atoms with Crippen LogP contribution in [-0.4, -0.2) is 53.3 Å². The summed E-state index contributed by atoms with van der Waals surface area (Å²) in [6.45, 7) is 7.82. The molecule has 3 atom stereocenters. The van der Waals surface area contributed by atoms with Crippen molar-refractivity contribution in [2.75, 3.05) is 13.7 Å². The van der Waals surface area contributed by atoms with Gasteiger partial charge in [0, 0.05) is 18.7 Å². The average Bonchev–Trinajstić information content (AvgIpc) is 3.02. The molecule has 0 spiro atoms. The first-order valence-electron chi connectivity index (χ1n) is 10.8. The molecule has 2 N–H and O–H groups in total. The molecule has 172 valence electrons. The van der Waals surface area contributed by atoms with Gasteiger partial charge in [0.2, 0.25) is 0 Å². The van der Waals surface area contributed by atoms with E-state index in [1.807, 2.05) is 45.9 Å². The topological polar surface area (TPSA) is 88.1 Å². The van der Waals surface area contributed by atoms with Crippen molar-refractivity contribution in [1.29, 1.82) is 0 Å². The molecule has 1 unspecified atom stereocenters. The van der Waals surface area contributed by atoms with Gasteiger partial charge in [-0.05, 0) is 51.0 Å². The van der Waals surface area contributed by atoms with Crippen molar-refractivity contribution in [2.24, 2.45) is 0 Å². The number of nitrogens with zero attached hydrogens (tertiary/aromatic N) is 1. The van der Waals surface area contributed by atoms with Crippen molar-refractivity contribution in [3.63, 3.8) is 0 Å². The minimum absolute atomic E-state index is 0.0151. The highest BCUT2D eigenvalue weighted by Gasteiger charge is 2.47. The maximum atomic E-state index is 12.9. The van der Waals surface area contributed by atoms with E-state index in [1.165, 1.54) is 7.11 Å². The standard InChI is InChI=1S/C25H32N2O5/c1-16(2)27-24(30)22(32-25(27,3)4)18-11-13-19(14-12-18)23(29)26-20(15-31-5)21(28)17-9-7-6-8-10-17/h6-14,16,20-22,28H,15H2,1-5H3,(H,26,29)/t20-,21-,22?/m1/s1. The molecule has 7 nitrogen and oxygen atoms in total. The summed E-state index contributed by atoms with van der Waals surface area (Å²) in [6, 6.07) is 15.3. The Morgan fingerprint density at radius 2 is 1.78 bits per heavy atom. The van der Waals surface area contributed by atoms with E-state index in [0.717, 1.165) is 0 Å². The third-order valence-electron chi connectivity index (χ3n) is 5.63. The minimum Gasteiger partial charge on any atom is -0.386 e. The quantitative estimate of drug-likeness (QED) is 0.658. The van der Waals surface area contributed by atoms with Crippen LogP contribution in [0.1, 0.15) is 61.4 Å². The molecule has 1 aliphatic heterocycles. The number of benzene rings is 2. The lowest BCUT2D eigenvalue weighted by Crippen LogP contribution is -2.46. The molecule has 1 heterocycles. The van der Waals surface area contributed by atoms with Crippen molar-refractivity contribution in [3.8, 4) is 0 Å². The van der Waals surface area contributed by atoms with Gasteiger partial charge in [0.05, 0.1) is 12.6 Å². The van der Waals surface area contributed by atoms with Crippen LogP contribution in [0.2, 0.25) is 0 Å². The predicted octanol–water partition coefficient (Wildman–Crippen LogP) is 3.21. The van der Waals surface area contributed by atoms with Crippen LogP contribution in [0.25, 0.3) is 0 Å². The van der Waals surface area contributed by atoms with Crippen LogP contribution in [0.4, 0.5) is 0 Å². The summed E-state index contributed by atoms with van der Waals surface area (Å²) in [7, 11) is 1.52. The van der Waals surface area contributed by atoms with Gasteiger partial charge in [-0.2, -0.15) is 0 Å². The summed E-state index contributed by atoms with van der Waals surface area (Å²) < 4.78 is 11.2. The van der Waals surface area contributed by atoms with Gasteiger partial charge < -0.3 is 24.8 Å². The zero-order valence-corrected chi connectivity index (χ0v) is 19.2. The molecule has 0 saturated carbocycles. The first-order chi connectivity index (χ1) is 15.2. The van der Waals surface area contributed by atoms with E-state index in [4.69, 9.17) is 9.47 Å². The molecule has 1 aliphatic rings. The molecule has 2 aromatic rings. The molecule has 0 aliphatic carbocycles. The van der Waals surface area contributed by atoms with Gasteiger partial charge in [-0.25, -0.2) is 0 Å². The molecule has 3 rings (SSSR count). The summed E-state index contributed by atoms with van der Waals surface area (Å²) in [5, 5.41) is 13.5. The van der Waals surface area contributed by atoms with Gasteiger partial charge in [-0.3, -0.25) is 9.59 Å². The third-order valence-corrected chi connectivity index (χ3v) is 5.63. The highest BCUT2D eigenvalue weighted by Crippen LogP contribution is 2.38. The van der Waals surface area contributed by atoms with Gasteiger partial charge >= 0.3 is 0 Å². The molecule has 2 aromatic carbocycles. The highest BCUT2D eigenvalue weighted by molar-refractivity contribution is 5.94. The Kier molecular flexibility index (Phi) is 7.33. The number of aliphatic hydroxyl groups is 1. The lowest BCUT2D eigenvalue weighted by Gasteiger charge is -2.32. The zero-order chi connectivity index (χ0) is 23.5. The fourth-order valence-corrected chi connectivity index (χ4v) is 4.21. The summed E-state index contributed by atoms with van der Waals surface area (Å²) in [5.74, 6) is -0.426. The number of amides is 2. The maximum Gasteiger partial charge on any atom is 0.258 e. The maximum absolute atomic E-state index is 12.9. The number of carbonyl (C=O) groups is 2. The number of carbonyl (C=O) groups excluding carboxylic acids is 2. The van der Waals surface area contributed by atoms with E-state index in [9.17, 15) is 14.7 Å². The lowest BCUT2D eigenvalue weighted by atomic mass is 10.0. The normalized spacial score (nSPS) is 19.8. The SMILES string of the molecule is COC[C@@H](NC(=O)c1ccc(C2OC(C)(C)N(C(C)C)C2=O)cc1)[C@H](O)c1ccccc1. The number of hydrogen-bond acceptors (Lipinski definition) is 5. The highest BCUT2D eigenvalue weighted by atomic mass is 16.5. The molecule has 2 amide bonds. The van der Waals surface area contributed by atoms with Gasteiger partial charge in [0.1, 0.15) is 11.8 Å². The molecule has 1 saturated heterocycles. The first kappa shape index (κ1) is 23.9. The number of ether oxygens (including phenoxy) is 2. The minimum atomic E-state index is -0.909. The largest absolute Gasteiger partial charge is 0.386 e. The smallest absolute Gasteiger partial charge is 0.258 e. The van der Waals surface area contributed by atoms with Crippen LogP contribution in [0, 0.1) is 0 Å². The van der Waals surface area contributed by atoms with Crippen LogP contribution in [0.15, 0.2) is 54.6 Å². The zero-order valence-electron chi connectivity index (χ0n) is 19.2. The molecule has 0 bridgehead atoms. The fraction of sp³-hybridized carbons (Fsp3) is 0.440. The second-order valence-corrected chi connectivity index (χ2v) is 8.76. The van der Waals surface area contributed by atoms with Crippen LogP contribution in [0.3, 0.4) is 0 Å². The second kappa shape index (κ2) is 9.81. The van der Waals surface area contributed by atoms with Crippen LogP contribution in [0.5, 0.6) is 0 Å². The van der Waals surface area contributed by atoms with Crippen molar-refractivity contribution in [2.45, 2.75) is 57.7 Å². The van der Waals surface area contributed by atoms with Crippen molar-refractivity contribution in [1.82, 2.24) is 10.2 Å². The van der Waals surface area contributed by atoms with Gasteiger partial charge in [-0.1, -0.05) is 42.5 Å². The summed E-state index contributed by atoms with van der Waals surface area (Å²) in [6.07, 6.45) is -1.61. The first-order valence-corrected chi connectivity index (χ1v) is 10.8. The fourth-order valence-electron chi connectivity index (χ4n) is 4.21. The molecule has 7 heteroatoms. The van der Waals surface area contributed by atoms with E-state index in [-0.39, 0.29) is 24.5 Å². The third kappa shape index (κ3) is 5.01. The number of aliphatic hydroxyl groups excluding tert-OH is 1. The number of methoxy groups -OCH3 is 1. The van der Waals surface area contributed by atoms with Gasteiger partial charge in [0.25, 0.3) is 11.8 Å². The monoisotopic (exact) mass is 440 g/mol. The Bertz CT molecular complexity index is 927. The molecule has 32 heavy (non-hydrogen) atoms.